The van der Waals surface area contributed by atoms with Crippen LogP contribution in [0.3, 0.4) is 0 Å². The summed E-state index contributed by atoms with van der Waals surface area (Å²) in [5, 5.41) is 0. The lowest BCUT2D eigenvalue weighted by Gasteiger charge is -2.43. The molecule has 2 aliphatic rings. The molecule has 0 spiro atoms. The summed E-state index contributed by atoms with van der Waals surface area (Å²) in [7, 11) is 3.87. The number of rotatable bonds is 4. The summed E-state index contributed by atoms with van der Waals surface area (Å²) >= 11 is 0. The summed E-state index contributed by atoms with van der Waals surface area (Å²) in [6, 6.07) is 6.65. The Hall–Kier alpha value is -1.72. The first-order chi connectivity index (χ1) is 11.6. The molecule has 0 aliphatic carbocycles. The average molecular weight is 330 g/mol. The van der Waals surface area contributed by atoms with E-state index in [1.54, 1.807) is 7.11 Å². The highest BCUT2D eigenvalue weighted by molar-refractivity contribution is 5.67. The van der Waals surface area contributed by atoms with Crippen molar-refractivity contribution in [3.63, 3.8) is 0 Å². The lowest BCUT2D eigenvalue weighted by atomic mass is 10.0. The van der Waals surface area contributed by atoms with Gasteiger partial charge in [-0.05, 0) is 32.0 Å². The number of hydrogen-bond donors (Lipinski definition) is 1. The van der Waals surface area contributed by atoms with Crippen molar-refractivity contribution in [2.75, 3.05) is 59.2 Å². The molecule has 0 aromatic heterocycles. The molecule has 0 saturated carbocycles. The number of piperidine rings is 1. The standard InChI is InChI=1S/C19H30N4O/c1-15(16-4-5-18(20)19(14-16)24-3)22-8-6-17(7-9-22)23-12-10-21(2)11-13-23/h4-5,14,17H,1,6-13,20H2,2-3H3. The van der Waals surface area contributed by atoms with Crippen LogP contribution < -0.4 is 10.5 Å². The zero-order valence-electron chi connectivity index (χ0n) is 15.0. The van der Waals surface area contributed by atoms with Crippen LogP contribution in [0.2, 0.25) is 0 Å². The van der Waals surface area contributed by atoms with Crippen molar-refractivity contribution in [3.05, 3.63) is 30.3 Å². The third-order valence-corrected chi connectivity index (χ3v) is 5.47. The van der Waals surface area contributed by atoms with E-state index in [-0.39, 0.29) is 0 Å². The van der Waals surface area contributed by atoms with E-state index >= 15 is 0 Å². The number of piperazine rings is 1. The van der Waals surface area contributed by atoms with Gasteiger partial charge in [-0.15, -0.1) is 0 Å². The molecule has 1 aromatic rings. The van der Waals surface area contributed by atoms with Crippen LogP contribution in [0.15, 0.2) is 24.8 Å². The average Bonchev–Trinajstić information content (AvgIpc) is 2.62. The second kappa shape index (κ2) is 7.45. The lowest BCUT2D eigenvalue weighted by Crippen LogP contribution is -2.52. The van der Waals surface area contributed by atoms with Crippen molar-refractivity contribution < 1.29 is 4.74 Å². The van der Waals surface area contributed by atoms with Crippen molar-refractivity contribution in [1.82, 2.24) is 14.7 Å². The number of likely N-dealkylation sites (tertiary alicyclic amines) is 1. The molecule has 0 unspecified atom stereocenters. The van der Waals surface area contributed by atoms with Gasteiger partial charge in [-0.2, -0.15) is 0 Å². The fourth-order valence-electron chi connectivity index (χ4n) is 3.76. The molecule has 2 fully saturated rings. The van der Waals surface area contributed by atoms with Gasteiger partial charge < -0.3 is 20.3 Å². The highest BCUT2D eigenvalue weighted by Gasteiger charge is 2.27. The number of nitrogens with zero attached hydrogens (tertiary/aromatic N) is 3. The molecule has 0 amide bonds. The zero-order chi connectivity index (χ0) is 17.1. The highest BCUT2D eigenvalue weighted by Crippen LogP contribution is 2.29. The highest BCUT2D eigenvalue weighted by atomic mass is 16.5. The molecule has 3 rings (SSSR count). The van der Waals surface area contributed by atoms with Gasteiger partial charge in [0.1, 0.15) is 5.75 Å². The molecule has 0 radical (unpaired) electrons. The summed E-state index contributed by atoms with van der Waals surface area (Å²) in [4.78, 5) is 7.49. The molecule has 132 valence electrons. The summed E-state index contributed by atoms with van der Waals surface area (Å²) in [6.45, 7) is 11.3. The number of nitrogen functional groups attached to an aromatic ring is 1. The predicted octanol–water partition coefficient (Wildman–Crippen LogP) is 1.96. The Balaban J connectivity index is 1.57. The zero-order valence-corrected chi connectivity index (χ0v) is 15.0. The van der Waals surface area contributed by atoms with E-state index in [0.717, 1.165) is 36.1 Å². The molecular weight excluding hydrogens is 300 g/mol. The van der Waals surface area contributed by atoms with E-state index in [1.807, 2.05) is 18.2 Å². The molecule has 5 heteroatoms. The SMILES string of the molecule is C=C(c1ccc(N)c(OC)c1)N1CCC(N2CCN(C)CC2)CC1. The third kappa shape index (κ3) is 3.68. The Morgan fingerprint density at radius 3 is 2.42 bits per heavy atom. The minimum atomic E-state index is 0.669. The Labute approximate surface area is 145 Å². The van der Waals surface area contributed by atoms with Gasteiger partial charge in [0.25, 0.3) is 0 Å². The largest absolute Gasteiger partial charge is 0.495 e. The maximum Gasteiger partial charge on any atom is 0.142 e. The predicted molar refractivity (Wildman–Crippen MR) is 100 cm³/mol. The molecule has 2 heterocycles. The monoisotopic (exact) mass is 330 g/mol. The van der Waals surface area contributed by atoms with E-state index in [9.17, 15) is 0 Å². The van der Waals surface area contributed by atoms with Crippen molar-refractivity contribution in [1.29, 1.82) is 0 Å². The van der Waals surface area contributed by atoms with Gasteiger partial charge in [0, 0.05) is 56.6 Å². The van der Waals surface area contributed by atoms with E-state index in [2.05, 4.69) is 28.3 Å². The van der Waals surface area contributed by atoms with Gasteiger partial charge in [0.2, 0.25) is 0 Å². The molecule has 2 N–H and O–H groups in total. The molecule has 1 aromatic carbocycles. The molecule has 2 aliphatic heterocycles. The van der Waals surface area contributed by atoms with Crippen LogP contribution in [0.25, 0.3) is 5.70 Å². The van der Waals surface area contributed by atoms with E-state index in [4.69, 9.17) is 10.5 Å². The van der Waals surface area contributed by atoms with Gasteiger partial charge in [0.15, 0.2) is 0 Å². The van der Waals surface area contributed by atoms with Crippen LogP contribution in [0.1, 0.15) is 18.4 Å². The minimum absolute atomic E-state index is 0.669. The Morgan fingerprint density at radius 1 is 1.12 bits per heavy atom. The Morgan fingerprint density at radius 2 is 1.79 bits per heavy atom. The van der Waals surface area contributed by atoms with Gasteiger partial charge in [-0.1, -0.05) is 12.6 Å². The number of nitrogens with two attached hydrogens (primary N) is 1. The second-order valence-electron chi connectivity index (χ2n) is 6.96. The molecular formula is C19H30N4O. The van der Waals surface area contributed by atoms with Gasteiger partial charge in [-0.3, -0.25) is 4.90 Å². The summed E-state index contributed by atoms with van der Waals surface area (Å²) in [5.41, 5.74) is 8.75. The summed E-state index contributed by atoms with van der Waals surface area (Å²) in [5.74, 6) is 0.723. The van der Waals surface area contributed by atoms with Crippen molar-refractivity contribution in [3.8, 4) is 5.75 Å². The number of benzene rings is 1. The summed E-state index contributed by atoms with van der Waals surface area (Å²) in [6.07, 6.45) is 2.43. The van der Waals surface area contributed by atoms with E-state index in [1.165, 1.54) is 39.0 Å². The van der Waals surface area contributed by atoms with E-state index < -0.39 is 0 Å². The number of methoxy groups -OCH3 is 1. The minimum Gasteiger partial charge on any atom is -0.495 e. The Kier molecular flexibility index (Phi) is 5.31. The topological polar surface area (TPSA) is 45.0 Å². The first-order valence-corrected chi connectivity index (χ1v) is 8.89. The van der Waals surface area contributed by atoms with Crippen molar-refractivity contribution in [2.24, 2.45) is 0 Å². The normalized spacial score (nSPS) is 21.0. The maximum atomic E-state index is 5.91. The van der Waals surface area contributed by atoms with Crippen LogP contribution in [0, 0.1) is 0 Å². The maximum absolute atomic E-state index is 5.91. The van der Waals surface area contributed by atoms with Crippen LogP contribution in [0.5, 0.6) is 5.75 Å². The van der Waals surface area contributed by atoms with E-state index in [0.29, 0.717) is 5.69 Å². The van der Waals surface area contributed by atoms with Gasteiger partial charge in [0.05, 0.1) is 12.8 Å². The number of likely N-dealkylation sites (N-methyl/N-ethyl adjacent to an activating group) is 1. The van der Waals surface area contributed by atoms with Crippen molar-refractivity contribution >= 4 is 11.4 Å². The van der Waals surface area contributed by atoms with Crippen LogP contribution in [-0.4, -0.2) is 74.2 Å². The number of hydrogen-bond acceptors (Lipinski definition) is 5. The van der Waals surface area contributed by atoms with Gasteiger partial charge in [-0.25, -0.2) is 0 Å². The van der Waals surface area contributed by atoms with Gasteiger partial charge >= 0.3 is 0 Å². The van der Waals surface area contributed by atoms with Crippen LogP contribution in [-0.2, 0) is 0 Å². The smallest absolute Gasteiger partial charge is 0.142 e. The third-order valence-electron chi connectivity index (χ3n) is 5.47. The molecule has 0 atom stereocenters. The number of ether oxygens (including phenoxy) is 1. The van der Waals surface area contributed by atoms with Crippen LogP contribution in [0.4, 0.5) is 5.69 Å². The van der Waals surface area contributed by atoms with Crippen LogP contribution >= 0.6 is 0 Å². The summed E-state index contributed by atoms with van der Waals surface area (Å²) < 4.78 is 5.33. The molecule has 5 nitrogen and oxygen atoms in total. The molecule has 2 saturated heterocycles. The first kappa shape index (κ1) is 17.1. The van der Waals surface area contributed by atoms with Crippen molar-refractivity contribution in [2.45, 2.75) is 18.9 Å². The molecule has 24 heavy (non-hydrogen) atoms. The second-order valence-corrected chi connectivity index (χ2v) is 6.96. The Bertz CT molecular complexity index is 573. The number of anilines is 1. The fraction of sp³-hybridized carbons (Fsp3) is 0.579. The first-order valence-electron chi connectivity index (χ1n) is 8.89. The quantitative estimate of drug-likeness (QED) is 0.855. The molecule has 0 bridgehead atoms. The lowest BCUT2D eigenvalue weighted by molar-refractivity contribution is 0.0802. The fourth-order valence-corrected chi connectivity index (χ4v) is 3.76.